The Morgan fingerprint density at radius 1 is 1.30 bits per heavy atom. The van der Waals surface area contributed by atoms with Gasteiger partial charge in [-0.15, -0.1) is 0 Å². The molecule has 0 aromatic rings. The molecule has 0 rings (SSSR count). The third-order valence-electron chi connectivity index (χ3n) is 2.32. The van der Waals surface area contributed by atoms with E-state index < -0.39 is 0 Å². The number of hydrogen-bond acceptors (Lipinski definition) is 2. The Bertz CT molecular complexity index is 69.1. The summed E-state index contributed by atoms with van der Waals surface area (Å²) in [5.74, 6) is 0. The Morgan fingerprint density at radius 2 is 1.80 bits per heavy atom. The molecule has 0 fully saturated rings. The Balaban J connectivity index is 3.87. The van der Waals surface area contributed by atoms with Crippen molar-refractivity contribution in [3.8, 4) is 0 Å². The van der Waals surface area contributed by atoms with Crippen LogP contribution in [0.3, 0.4) is 0 Å². The first-order valence-corrected chi connectivity index (χ1v) is 3.94. The summed E-state index contributed by atoms with van der Waals surface area (Å²) in [5, 5.41) is 0. The van der Waals surface area contributed by atoms with Crippen LogP contribution >= 0.6 is 0 Å². The van der Waals surface area contributed by atoms with Crippen LogP contribution in [-0.4, -0.2) is 13.1 Å². The van der Waals surface area contributed by atoms with Crippen LogP contribution in [0.5, 0.6) is 0 Å². The monoisotopic (exact) mass is 143 g/mol. The lowest BCUT2D eigenvalue weighted by molar-refractivity contribution is 0.274. The van der Waals surface area contributed by atoms with Crippen LogP contribution in [0.1, 0.15) is 26.2 Å². The molecule has 2 nitrogen and oxygen atoms in total. The van der Waals surface area contributed by atoms with Gasteiger partial charge in [-0.3, -0.25) is 0 Å². The standard InChI is InChI=1S/C8H19N2/c1-3-5-8(4-2,6-9)7-10/h1,3-7,9-10H2,2H3. The molecular weight excluding hydrogens is 124 g/mol. The summed E-state index contributed by atoms with van der Waals surface area (Å²) in [6.45, 7) is 7.32. The van der Waals surface area contributed by atoms with Gasteiger partial charge in [0.1, 0.15) is 0 Å². The van der Waals surface area contributed by atoms with Crippen molar-refractivity contribution in [2.75, 3.05) is 13.1 Å². The summed E-state index contributed by atoms with van der Waals surface area (Å²) < 4.78 is 0. The van der Waals surface area contributed by atoms with Crippen LogP contribution in [0, 0.1) is 12.3 Å². The van der Waals surface area contributed by atoms with E-state index in [0.29, 0.717) is 13.1 Å². The van der Waals surface area contributed by atoms with Gasteiger partial charge in [0.05, 0.1) is 0 Å². The molecule has 0 aliphatic heterocycles. The molecule has 0 bridgehead atoms. The lowest BCUT2D eigenvalue weighted by Crippen LogP contribution is -2.37. The van der Waals surface area contributed by atoms with E-state index in [4.69, 9.17) is 11.5 Å². The molecule has 4 N–H and O–H groups in total. The third-order valence-corrected chi connectivity index (χ3v) is 2.32. The van der Waals surface area contributed by atoms with Crippen molar-refractivity contribution in [2.24, 2.45) is 16.9 Å². The Kier molecular flexibility index (Phi) is 4.65. The molecule has 0 saturated carbocycles. The van der Waals surface area contributed by atoms with E-state index in [2.05, 4.69) is 13.8 Å². The van der Waals surface area contributed by atoms with Crippen molar-refractivity contribution in [3.05, 3.63) is 6.92 Å². The molecule has 61 valence electrons. The van der Waals surface area contributed by atoms with Gasteiger partial charge >= 0.3 is 0 Å². The maximum absolute atomic E-state index is 5.61. The summed E-state index contributed by atoms with van der Waals surface area (Å²) in [6, 6.07) is 0. The third kappa shape index (κ3) is 2.27. The van der Waals surface area contributed by atoms with Gasteiger partial charge in [-0.2, -0.15) is 0 Å². The van der Waals surface area contributed by atoms with Gasteiger partial charge in [0.15, 0.2) is 0 Å². The zero-order valence-electron chi connectivity index (χ0n) is 6.90. The average molecular weight is 143 g/mol. The van der Waals surface area contributed by atoms with Crippen molar-refractivity contribution in [3.63, 3.8) is 0 Å². The Labute approximate surface area is 64.0 Å². The normalized spacial score (nSPS) is 12.0. The SMILES string of the molecule is [CH2]CCC(CC)(CN)CN. The van der Waals surface area contributed by atoms with E-state index in [9.17, 15) is 0 Å². The summed E-state index contributed by atoms with van der Waals surface area (Å²) in [7, 11) is 0. The molecule has 0 unspecified atom stereocenters. The van der Waals surface area contributed by atoms with Crippen LogP contribution in [-0.2, 0) is 0 Å². The smallest absolute Gasteiger partial charge is 0.000854 e. The predicted octanol–water partition coefficient (Wildman–Crippen LogP) is 0.914. The van der Waals surface area contributed by atoms with Crippen molar-refractivity contribution in [2.45, 2.75) is 26.2 Å². The maximum Gasteiger partial charge on any atom is -0.000854 e. The first-order chi connectivity index (χ1) is 4.74. The fourth-order valence-electron chi connectivity index (χ4n) is 1.13. The molecule has 0 amide bonds. The van der Waals surface area contributed by atoms with Gasteiger partial charge in [0.25, 0.3) is 0 Å². The molecule has 0 aliphatic carbocycles. The summed E-state index contributed by atoms with van der Waals surface area (Å²) in [6.07, 6.45) is 3.05. The van der Waals surface area contributed by atoms with Gasteiger partial charge in [-0.25, -0.2) is 0 Å². The molecule has 0 aromatic carbocycles. The highest BCUT2D eigenvalue weighted by Gasteiger charge is 2.22. The van der Waals surface area contributed by atoms with Gasteiger partial charge in [0, 0.05) is 0 Å². The zero-order chi connectivity index (χ0) is 8.04. The Morgan fingerprint density at radius 3 is 1.90 bits per heavy atom. The minimum absolute atomic E-state index is 0.168. The minimum atomic E-state index is 0.168. The highest BCUT2D eigenvalue weighted by molar-refractivity contribution is 4.79. The molecular formula is C8H19N2. The largest absolute Gasteiger partial charge is 0.330 e. The van der Waals surface area contributed by atoms with E-state index in [1.54, 1.807) is 0 Å². The van der Waals surface area contributed by atoms with Gasteiger partial charge < -0.3 is 11.5 Å². The number of rotatable bonds is 5. The maximum atomic E-state index is 5.61. The molecule has 10 heavy (non-hydrogen) atoms. The second kappa shape index (κ2) is 4.69. The molecule has 1 radical (unpaired) electrons. The second-order valence-electron chi connectivity index (χ2n) is 2.87. The highest BCUT2D eigenvalue weighted by atomic mass is 14.7. The van der Waals surface area contributed by atoms with Gasteiger partial charge in [-0.1, -0.05) is 20.3 Å². The minimum Gasteiger partial charge on any atom is -0.330 e. The molecule has 0 heterocycles. The molecule has 0 aliphatic rings. The molecule has 2 heteroatoms. The van der Waals surface area contributed by atoms with Crippen LogP contribution < -0.4 is 11.5 Å². The zero-order valence-corrected chi connectivity index (χ0v) is 6.90. The summed E-state index contributed by atoms with van der Waals surface area (Å²) in [4.78, 5) is 0. The molecule has 0 aromatic heterocycles. The van der Waals surface area contributed by atoms with Crippen molar-refractivity contribution in [1.82, 2.24) is 0 Å². The topological polar surface area (TPSA) is 52.0 Å². The Hall–Kier alpha value is -0.0800. The summed E-state index contributed by atoms with van der Waals surface area (Å²) in [5.41, 5.74) is 11.4. The fourth-order valence-corrected chi connectivity index (χ4v) is 1.13. The van der Waals surface area contributed by atoms with Crippen molar-refractivity contribution in [1.29, 1.82) is 0 Å². The lowest BCUT2D eigenvalue weighted by Gasteiger charge is -2.29. The molecule has 0 atom stereocenters. The first-order valence-electron chi connectivity index (χ1n) is 3.94. The van der Waals surface area contributed by atoms with Crippen LogP contribution in [0.15, 0.2) is 0 Å². The van der Waals surface area contributed by atoms with Crippen LogP contribution in [0.4, 0.5) is 0 Å². The fraction of sp³-hybridized carbons (Fsp3) is 0.875. The van der Waals surface area contributed by atoms with Gasteiger partial charge in [0.2, 0.25) is 0 Å². The lowest BCUT2D eigenvalue weighted by atomic mass is 9.81. The first kappa shape index (κ1) is 9.92. The number of hydrogen-bond donors (Lipinski definition) is 2. The number of nitrogens with two attached hydrogens (primary N) is 2. The highest BCUT2D eigenvalue weighted by Crippen LogP contribution is 2.24. The van der Waals surface area contributed by atoms with Crippen LogP contribution in [0.25, 0.3) is 0 Å². The van der Waals surface area contributed by atoms with E-state index in [1.165, 1.54) is 0 Å². The van der Waals surface area contributed by atoms with E-state index in [1.807, 2.05) is 0 Å². The average Bonchev–Trinajstić information content (AvgIpc) is 2.01. The molecule has 0 saturated heterocycles. The van der Waals surface area contributed by atoms with Crippen molar-refractivity contribution >= 4 is 0 Å². The predicted molar refractivity (Wildman–Crippen MR) is 45.4 cm³/mol. The second-order valence-corrected chi connectivity index (χ2v) is 2.87. The van der Waals surface area contributed by atoms with E-state index >= 15 is 0 Å². The quantitative estimate of drug-likeness (QED) is 0.601. The van der Waals surface area contributed by atoms with Crippen molar-refractivity contribution < 1.29 is 0 Å². The van der Waals surface area contributed by atoms with Gasteiger partial charge in [-0.05, 0) is 31.3 Å². The van der Waals surface area contributed by atoms with E-state index in [-0.39, 0.29) is 5.41 Å². The summed E-state index contributed by atoms with van der Waals surface area (Å²) >= 11 is 0. The van der Waals surface area contributed by atoms with Crippen LogP contribution in [0.2, 0.25) is 0 Å². The molecule has 0 spiro atoms. The van der Waals surface area contributed by atoms with E-state index in [0.717, 1.165) is 19.3 Å².